The maximum atomic E-state index is 12.5. The molecule has 1 fully saturated rings. The Bertz CT molecular complexity index is 524. The maximum absolute atomic E-state index is 12.5. The number of methoxy groups -OCH3 is 1. The highest BCUT2D eigenvalue weighted by atomic mass is 79.9. The number of nitrogens with one attached hydrogen (secondary N) is 1. The van der Waals surface area contributed by atoms with E-state index in [4.69, 9.17) is 9.47 Å². The van der Waals surface area contributed by atoms with Gasteiger partial charge in [0.15, 0.2) is 0 Å². The van der Waals surface area contributed by atoms with Crippen molar-refractivity contribution in [3.63, 3.8) is 0 Å². The molecule has 5 nitrogen and oxygen atoms in total. The van der Waals surface area contributed by atoms with Crippen molar-refractivity contribution < 1.29 is 14.3 Å². The van der Waals surface area contributed by atoms with Gasteiger partial charge in [-0.1, -0.05) is 13.0 Å². The summed E-state index contributed by atoms with van der Waals surface area (Å²) in [6.45, 7) is 6.85. The lowest BCUT2D eigenvalue weighted by molar-refractivity contribution is -0.133. The molecule has 1 aliphatic heterocycles. The smallest absolute Gasteiger partial charge is 0.240 e. The van der Waals surface area contributed by atoms with Crippen molar-refractivity contribution in [2.75, 3.05) is 33.4 Å². The molecule has 1 aromatic rings. The Morgan fingerprint density at radius 3 is 3.00 bits per heavy atom. The number of halogens is 1. The Hall–Kier alpha value is -1.11. The largest absolute Gasteiger partial charge is 0.496 e. The second kappa shape index (κ2) is 7.94. The SMILES string of the molecule is CCN1CCOCC1C(=O)NC(C)c1ccc(OC)c(Br)c1. The molecule has 2 atom stereocenters. The van der Waals surface area contributed by atoms with Gasteiger partial charge in [-0.15, -0.1) is 0 Å². The molecular formula is C16H23BrN2O3. The maximum Gasteiger partial charge on any atom is 0.240 e. The van der Waals surface area contributed by atoms with Gasteiger partial charge in [-0.05, 0) is 47.1 Å². The van der Waals surface area contributed by atoms with Crippen LogP contribution in [0.4, 0.5) is 0 Å². The van der Waals surface area contributed by atoms with Crippen molar-refractivity contribution >= 4 is 21.8 Å². The summed E-state index contributed by atoms with van der Waals surface area (Å²) in [4.78, 5) is 14.6. The number of rotatable bonds is 5. The molecule has 0 spiro atoms. The number of carbonyl (C=O) groups is 1. The number of benzene rings is 1. The molecule has 0 aromatic heterocycles. The first kappa shape index (κ1) is 17.2. The Balaban J connectivity index is 2.02. The summed E-state index contributed by atoms with van der Waals surface area (Å²) in [5.41, 5.74) is 1.03. The predicted octanol–water partition coefficient (Wildman–Crippen LogP) is 2.36. The fourth-order valence-electron chi connectivity index (χ4n) is 2.60. The van der Waals surface area contributed by atoms with E-state index >= 15 is 0 Å². The molecular weight excluding hydrogens is 348 g/mol. The highest BCUT2D eigenvalue weighted by molar-refractivity contribution is 9.10. The van der Waals surface area contributed by atoms with Gasteiger partial charge >= 0.3 is 0 Å². The zero-order valence-corrected chi connectivity index (χ0v) is 14.9. The third-order valence-electron chi connectivity index (χ3n) is 3.98. The molecule has 0 radical (unpaired) electrons. The van der Waals surface area contributed by atoms with Gasteiger partial charge in [-0.3, -0.25) is 9.69 Å². The minimum Gasteiger partial charge on any atom is -0.496 e. The number of nitrogens with zero attached hydrogens (tertiary/aromatic N) is 1. The van der Waals surface area contributed by atoms with Crippen LogP contribution in [0.5, 0.6) is 5.75 Å². The Morgan fingerprint density at radius 1 is 1.59 bits per heavy atom. The van der Waals surface area contributed by atoms with Gasteiger partial charge < -0.3 is 14.8 Å². The third kappa shape index (κ3) is 4.00. The molecule has 0 bridgehead atoms. The first-order chi connectivity index (χ1) is 10.6. The van der Waals surface area contributed by atoms with Gasteiger partial charge in [0.05, 0.1) is 30.8 Å². The summed E-state index contributed by atoms with van der Waals surface area (Å²) in [5.74, 6) is 0.793. The second-order valence-electron chi connectivity index (χ2n) is 5.34. The van der Waals surface area contributed by atoms with Crippen molar-refractivity contribution in [2.45, 2.75) is 25.9 Å². The van der Waals surface area contributed by atoms with Crippen LogP contribution in [-0.4, -0.2) is 50.3 Å². The minimum atomic E-state index is -0.206. The molecule has 1 N–H and O–H groups in total. The van der Waals surface area contributed by atoms with Gasteiger partial charge in [0, 0.05) is 6.54 Å². The summed E-state index contributed by atoms with van der Waals surface area (Å²) in [6.07, 6.45) is 0. The average Bonchev–Trinajstić information content (AvgIpc) is 2.54. The van der Waals surface area contributed by atoms with Gasteiger partial charge in [0.25, 0.3) is 0 Å². The first-order valence-electron chi connectivity index (χ1n) is 7.52. The molecule has 0 saturated carbocycles. The topological polar surface area (TPSA) is 50.8 Å². The molecule has 1 aromatic carbocycles. The van der Waals surface area contributed by atoms with Gasteiger partial charge in [-0.2, -0.15) is 0 Å². The van der Waals surface area contributed by atoms with Crippen LogP contribution in [0, 0.1) is 0 Å². The summed E-state index contributed by atoms with van der Waals surface area (Å²) >= 11 is 3.47. The number of hydrogen-bond donors (Lipinski definition) is 1. The molecule has 1 saturated heterocycles. The predicted molar refractivity (Wildman–Crippen MR) is 89.1 cm³/mol. The number of carbonyl (C=O) groups excluding carboxylic acids is 1. The molecule has 122 valence electrons. The molecule has 0 aliphatic carbocycles. The fraction of sp³-hybridized carbons (Fsp3) is 0.562. The van der Waals surface area contributed by atoms with Gasteiger partial charge in [0.2, 0.25) is 5.91 Å². The average molecular weight is 371 g/mol. The molecule has 1 heterocycles. The van der Waals surface area contributed by atoms with Crippen molar-refractivity contribution in [2.24, 2.45) is 0 Å². The zero-order chi connectivity index (χ0) is 16.1. The molecule has 1 amide bonds. The number of morpholine rings is 1. The van der Waals surface area contributed by atoms with Crippen LogP contribution in [0.2, 0.25) is 0 Å². The molecule has 22 heavy (non-hydrogen) atoms. The molecule has 2 rings (SSSR count). The minimum absolute atomic E-state index is 0.0148. The van der Waals surface area contributed by atoms with E-state index in [0.717, 1.165) is 28.9 Å². The van der Waals surface area contributed by atoms with Crippen LogP contribution in [0.3, 0.4) is 0 Å². The van der Waals surface area contributed by atoms with E-state index < -0.39 is 0 Å². The Kier molecular flexibility index (Phi) is 6.23. The zero-order valence-electron chi connectivity index (χ0n) is 13.3. The fourth-order valence-corrected chi connectivity index (χ4v) is 3.16. The van der Waals surface area contributed by atoms with Crippen LogP contribution in [0.15, 0.2) is 22.7 Å². The van der Waals surface area contributed by atoms with Crippen LogP contribution in [0.25, 0.3) is 0 Å². The number of hydrogen-bond acceptors (Lipinski definition) is 4. The van der Waals surface area contributed by atoms with Crippen molar-refractivity contribution in [3.05, 3.63) is 28.2 Å². The number of likely N-dealkylation sites (N-methyl/N-ethyl adjacent to an activating group) is 1. The standard InChI is InChI=1S/C16H23BrN2O3/c1-4-19-7-8-22-10-14(19)16(20)18-11(2)12-5-6-15(21-3)13(17)9-12/h5-6,9,11,14H,4,7-8,10H2,1-3H3,(H,18,20). The summed E-state index contributed by atoms with van der Waals surface area (Å²) in [6, 6.07) is 5.55. The van der Waals surface area contributed by atoms with Crippen LogP contribution >= 0.6 is 15.9 Å². The van der Waals surface area contributed by atoms with Crippen molar-refractivity contribution in [1.29, 1.82) is 0 Å². The summed E-state index contributed by atoms with van der Waals surface area (Å²) in [5, 5.41) is 3.07. The van der Waals surface area contributed by atoms with Crippen LogP contribution in [0.1, 0.15) is 25.5 Å². The molecule has 2 unspecified atom stereocenters. The monoisotopic (exact) mass is 370 g/mol. The van der Waals surface area contributed by atoms with E-state index in [9.17, 15) is 4.79 Å². The van der Waals surface area contributed by atoms with Crippen LogP contribution in [-0.2, 0) is 9.53 Å². The Labute approximate surface area is 140 Å². The van der Waals surface area contributed by atoms with Crippen molar-refractivity contribution in [3.8, 4) is 5.75 Å². The lowest BCUT2D eigenvalue weighted by Gasteiger charge is -2.34. The van der Waals surface area contributed by atoms with E-state index in [-0.39, 0.29) is 18.0 Å². The summed E-state index contributed by atoms with van der Waals surface area (Å²) < 4.78 is 11.6. The molecule has 1 aliphatic rings. The van der Waals surface area contributed by atoms with Crippen LogP contribution < -0.4 is 10.1 Å². The van der Waals surface area contributed by atoms with E-state index in [0.29, 0.717) is 13.2 Å². The highest BCUT2D eigenvalue weighted by Crippen LogP contribution is 2.28. The van der Waals surface area contributed by atoms with E-state index in [1.54, 1.807) is 7.11 Å². The quantitative estimate of drug-likeness (QED) is 0.864. The van der Waals surface area contributed by atoms with Gasteiger partial charge in [0.1, 0.15) is 11.8 Å². The number of ether oxygens (including phenoxy) is 2. The van der Waals surface area contributed by atoms with Crippen molar-refractivity contribution in [1.82, 2.24) is 10.2 Å². The normalized spacial score (nSPS) is 20.5. The number of amides is 1. The lowest BCUT2D eigenvalue weighted by atomic mass is 10.1. The van der Waals surface area contributed by atoms with E-state index in [1.807, 2.05) is 25.1 Å². The molecule has 6 heteroatoms. The van der Waals surface area contributed by atoms with E-state index in [1.165, 1.54) is 0 Å². The van der Waals surface area contributed by atoms with E-state index in [2.05, 4.69) is 33.1 Å². The highest BCUT2D eigenvalue weighted by Gasteiger charge is 2.29. The lowest BCUT2D eigenvalue weighted by Crippen LogP contribution is -2.53. The van der Waals surface area contributed by atoms with Gasteiger partial charge in [-0.25, -0.2) is 0 Å². The third-order valence-corrected chi connectivity index (χ3v) is 4.60. The summed E-state index contributed by atoms with van der Waals surface area (Å²) in [7, 11) is 1.63. The second-order valence-corrected chi connectivity index (χ2v) is 6.20. The Morgan fingerprint density at radius 2 is 2.36 bits per heavy atom. The first-order valence-corrected chi connectivity index (χ1v) is 8.31.